The number of rotatable bonds is 4. The number of aromatic nitrogens is 2. The molecule has 0 bridgehead atoms. The van der Waals surface area contributed by atoms with Gasteiger partial charge < -0.3 is 14.1 Å². The van der Waals surface area contributed by atoms with E-state index in [4.69, 9.17) is 9.15 Å². The van der Waals surface area contributed by atoms with Gasteiger partial charge in [-0.25, -0.2) is 4.98 Å². The van der Waals surface area contributed by atoms with Crippen molar-refractivity contribution < 1.29 is 13.9 Å². The Hall–Kier alpha value is -2.41. The Kier molecular flexibility index (Phi) is 5.00. The van der Waals surface area contributed by atoms with E-state index in [0.717, 1.165) is 35.8 Å². The minimum Gasteiger partial charge on any atom is -0.461 e. The van der Waals surface area contributed by atoms with Gasteiger partial charge in [-0.15, -0.1) is 0 Å². The van der Waals surface area contributed by atoms with Gasteiger partial charge >= 0.3 is 5.97 Å². The maximum atomic E-state index is 12.5. The quantitative estimate of drug-likeness (QED) is 0.843. The fourth-order valence-corrected chi connectivity index (χ4v) is 2.95. The normalized spacial score (nSPS) is 14.9. The zero-order valence-corrected chi connectivity index (χ0v) is 15.7. The van der Waals surface area contributed by atoms with Crippen LogP contribution in [0.1, 0.15) is 56.3 Å². The van der Waals surface area contributed by atoms with Gasteiger partial charge in [-0.05, 0) is 12.1 Å². The molecule has 0 atom stereocenters. The highest BCUT2D eigenvalue weighted by Crippen LogP contribution is 2.22. The first kappa shape index (κ1) is 18.4. The van der Waals surface area contributed by atoms with E-state index in [1.807, 2.05) is 26.8 Å². The molecule has 0 aromatic carbocycles. The minimum absolute atomic E-state index is 0.0559. The smallest absolute Gasteiger partial charge is 0.303 e. The van der Waals surface area contributed by atoms with Crippen molar-refractivity contribution in [3.05, 3.63) is 51.1 Å². The van der Waals surface area contributed by atoms with Crippen LogP contribution in [0.3, 0.4) is 0 Å². The molecule has 1 aliphatic rings. The van der Waals surface area contributed by atoms with Crippen LogP contribution in [0, 0.1) is 0 Å². The van der Waals surface area contributed by atoms with Gasteiger partial charge in [0.2, 0.25) is 0 Å². The number of carbonyl (C=O) groups excluding carboxylic acids is 1. The molecule has 0 fully saturated rings. The van der Waals surface area contributed by atoms with Gasteiger partial charge in [-0.3, -0.25) is 14.5 Å². The predicted octanol–water partition coefficient (Wildman–Crippen LogP) is 2.28. The average Bonchev–Trinajstić information content (AvgIpc) is 3.00. The SMILES string of the molecule is CC(=O)OCc1ccc(CN2CCc3nc(C(C)(C)C)[nH]c(=O)c3C2)o1. The van der Waals surface area contributed by atoms with Gasteiger partial charge in [-0.2, -0.15) is 0 Å². The lowest BCUT2D eigenvalue weighted by atomic mass is 9.95. The maximum Gasteiger partial charge on any atom is 0.303 e. The fourth-order valence-electron chi connectivity index (χ4n) is 2.95. The van der Waals surface area contributed by atoms with Gasteiger partial charge in [0.1, 0.15) is 24.0 Å². The van der Waals surface area contributed by atoms with Gasteiger partial charge in [0.15, 0.2) is 0 Å². The molecule has 0 saturated carbocycles. The van der Waals surface area contributed by atoms with Crippen molar-refractivity contribution in [2.24, 2.45) is 0 Å². The molecule has 2 aromatic heterocycles. The number of aromatic amines is 1. The molecule has 1 aliphatic heterocycles. The molecular formula is C19H25N3O4. The van der Waals surface area contributed by atoms with Crippen molar-refractivity contribution in [2.75, 3.05) is 6.54 Å². The number of hydrogen-bond donors (Lipinski definition) is 1. The molecule has 0 amide bonds. The van der Waals surface area contributed by atoms with Crippen molar-refractivity contribution in [3.63, 3.8) is 0 Å². The first-order valence-electron chi connectivity index (χ1n) is 8.78. The summed E-state index contributed by atoms with van der Waals surface area (Å²) in [6, 6.07) is 3.68. The second-order valence-electron chi connectivity index (χ2n) is 7.70. The van der Waals surface area contributed by atoms with E-state index in [2.05, 4.69) is 14.9 Å². The van der Waals surface area contributed by atoms with Crippen molar-refractivity contribution in [2.45, 2.75) is 59.2 Å². The van der Waals surface area contributed by atoms with Crippen molar-refractivity contribution in [1.29, 1.82) is 0 Å². The van der Waals surface area contributed by atoms with Gasteiger partial charge in [0.25, 0.3) is 5.56 Å². The van der Waals surface area contributed by atoms with E-state index in [1.165, 1.54) is 6.92 Å². The van der Waals surface area contributed by atoms with Crippen LogP contribution in [0.4, 0.5) is 0 Å². The first-order valence-corrected chi connectivity index (χ1v) is 8.78. The van der Waals surface area contributed by atoms with Crippen LogP contribution in [-0.4, -0.2) is 27.4 Å². The predicted molar refractivity (Wildman–Crippen MR) is 95.6 cm³/mol. The summed E-state index contributed by atoms with van der Waals surface area (Å²) < 4.78 is 10.6. The summed E-state index contributed by atoms with van der Waals surface area (Å²) in [6.07, 6.45) is 0.739. The van der Waals surface area contributed by atoms with Crippen LogP contribution in [-0.2, 0) is 41.1 Å². The number of nitrogens with one attached hydrogen (secondary N) is 1. The van der Waals surface area contributed by atoms with Crippen LogP contribution in [0.5, 0.6) is 0 Å². The lowest BCUT2D eigenvalue weighted by Gasteiger charge is -2.28. The number of esters is 1. The molecule has 140 valence electrons. The standard InChI is InChI=1S/C19H25N3O4/c1-12(23)25-11-14-6-5-13(26-14)9-22-8-7-16-15(10-22)17(24)21-18(20-16)19(2,3)4/h5-6H,7-11H2,1-4H3,(H,20,21,24). The largest absolute Gasteiger partial charge is 0.461 e. The summed E-state index contributed by atoms with van der Waals surface area (Å²) in [5, 5.41) is 0. The van der Waals surface area contributed by atoms with Crippen LogP contribution >= 0.6 is 0 Å². The number of hydrogen-bond acceptors (Lipinski definition) is 6. The Morgan fingerprint density at radius 2 is 2.08 bits per heavy atom. The highest BCUT2D eigenvalue weighted by Gasteiger charge is 2.25. The number of H-pyrrole nitrogens is 1. The molecule has 0 aliphatic carbocycles. The zero-order valence-electron chi connectivity index (χ0n) is 15.7. The maximum absolute atomic E-state index is 12.5. The Bertz CT molecular complexity index is 860. The van der Waals surface area contributed by atoms with Crippen molar-refractivity contribution in [1.82, 2.24) is 14.9 Å². The third-order valence-electron chi connectivity index (χ3n) is 4.37. The lowest BCUT2D eigenvalue weighted by Crippen LogP contribution is -2.37. The molecule has 3 rings (SSSR count). The van der Waals surface area contributed by atoms with E-state index in [0.29, 0.717) is 18.8 Å². The monoisotopic (exact) mass is 359 g/mol. The van der Waals surface area contributed by atoms with Crippen LogP contribution < -0.4 is 5.56 Å². The van der Waals surface area contributed by atoms with Crippen LogP contribution in [0.2, 0.25) is 0 Å². The Morgan fingerprint density at radius 1 is 1.35 bits per heavy atom. The second kappa shape index (κ2) is 7.07. The summed E-state index contributed by atoms with van der Waals surface area (Å²) in [5.74, 6) is 1.79. The Labute approximate surface area is 152 Å². The van der Waals surface area contributed by atoms with Gasteiger partial charge in [-0.1, -0.05) is 20.8 Å². The highest BCUT2D eigenvalue weighted by atomic mass is 16.5. The van der Waals surface area contributed by atoms with Gasteiger partial charge in [0, 0.05) is 31.8 Å². The molecule has 7 heteroatoms. The number of furan rings is 1. The number of nitrogens with zero attached hydrogens (tertiary/aromatic N) is 2. The second-order valence-corrected chi connectivity index (χ2v) is 7.70. The molecule has 0 spiro atoms. The summed E-state index contributed by atoms with van der Waals surface area (Å²) in [6.45, 7) is 9.57. The zero-order chi connectivity index (χ0) is 18.9. The molecule has 0 radical (unpaired) electrons. The molecule has 7 nitrogen and oxygen atoms in total. The number of fused-ring (bicyclic) bond motifs is 1. The summed E-state index contributed by atoms with van der Waals surface area (Å²) >= 11 is 0. The fraction of sp³-hybridized carbons (Fsp3) is 0.526. The van der Waals surface area contributed by atoms with Crippen molar-refractivity contribution in [3.8, 4) is 0 Å². The highest BCUT2D eigenvalue weighted by molar-refractivity contribution is 5.65. The molecular weight excluding hydrogens is 334 g/mol. The molecule has 2 aromatic rings. The number of ether oxygens (including phenoxy) is 1. The number of carbonyl (C=O) groups is 1. The van der Waals surface area contributed by atoms with E-state index < -0.39 is 0 Å². The third-order valence-corrected chi connectivity index (χ3v) is 4.37. The molecule has 3 heterocycles. The Morgan fingerprint density at radius 3 is 2.77 bits per heavy atom. The topological polar surface area (TPSA) is 88.4 Å². The van der Waals surface area contributed by atoms with E-state index in [9.17, 15) is 9.59 Å². The third kappa shape index (κ3) is 4.22. The van der Waals surface area contributed by atoms with Crippen LogP contribution in [0.25, 0.3) is 0 Å². The summed E-state index contributed by atoms with van der Waals surface area (Å²) in [7, 11) is 0. The lowest BCUT2D eigenvalue weighted by molar-refractivity contribution is -0.142. The van der Waals surface area contributed by atoms with Crippen LogP contribution in [0.15, 0.2) is 21.3 Å². The Balaban J connectivity index is 1.69. The molecule has 1 N–H and O–H groups in total. The average molecular weight is 359 g/mol. The summed E-state index contributed by atoms with van der Waals surface area (Å²) in [5.41, 5.74) is 1.39. The van der Waals surface area contributed by atoms with Gasteiger partial charge in [0.05, 0.1) is 17.8 Å². The van der Waals surface area contributed by atoms with Crippen molar-refractivity contribution >= 4 is 5.97 Å². The van der Waals surface area contributed by atoms with E-state index in [1.54, 1.807) is 6.07 Å². The van der Waals surface area contributed by atoms with E-state index in [-0.39, 0.29) is 23.6 Å². The first-order chi connectivity index (χ1) is 12.2. The molecule has 0 saturated heterocycles. The molecule has 26 heavy (non-hydrogen) atoms. The molecule has 0 unspecified atom stereocenters. The summed E-state index contributed by atoms with van der Waals surface area (Å²) in [4.78, 5) is 33.1. The minimum atomic E-state index is -0.336. The van der Waals surface area contributed by atoms with E-state index >= 15 is 0 Å².